The van der Waals surface area contributed by atoms with E-state index in [9.17, 15) is 5.26 Å². The van der Waals surface area contributed by atoms with Crippen LogP contribution in [-0.2, 0) is 0 Å². The third kappa shape index (κ3) is 4.91. The van der Waals surface area contributed by atoms with Gasteiger partial charge in [-0.05, 0) is 139 Å². The van der Waals surface area contributed by atoms with Gasteiger partial charge in [-0.1, -0.05) is 84.9 Å². The van der Waals surface area contributed by atoms with Crippen molar-refractivity contribution in [1.82, 2.24) is 9.97 Å². The number of hydrogen-bond donors (Lipinski definition) is 0. The lowest BCUT2D eigenvalue weighted by atomic mass is 9.86. The van der Waals surface area contributed by atoms with Gasteiger partial charge in [-0.25, -0.2) is 0 Å². The van der Waals surface area contributed by atoms with Crippen molar-refractivity contribution in [2.75, 3.05) is 0 Å². The Balaban J connectivity index is 1.13. The molecule has 10 aromatic rings. The van der Waals surface area contributed by atoms with Crippen molar-refractivity contribution in [3.63, 3.8) is 0 Å². The molecule has 0 fully saturated rings. The molecule has 8 aromatic carbocycles. The van der Waals surface area contributed by atoms with E-state index in [4.69, 9.17) is 14.7 Å². The van der Waals surface area contributed by atoms with E-state index in [0.29, 0.717) is 5.56 Å². The van der Waals surface area contributed by atoms with Crippen LogP contribution in [-0.4, -0.2) is 9.97 Å². The van der Waals surface area contributed by atoms with Crippen molar-refractivity contribution in [2.45, 2.75) is 0 Å². The lowest BCUT2D eigenvalue weighted by molar-refractivity contribution is 0.487. The monoisotopic (exact) mass is 699 g/mol. The molecular weight excluding hydrogens is 671 g/mol. The molecule has 0 saturated heterocycles. The zero-order valence-corrected chi connectivity index (χ0v) is 29.5. The zero-order valence-electron chi connectivity index (χ0n) is 29.5. The zero-order chi connectivity index (χ0) is 36.5. The van der Waals surface area contributed by atoms with Gasteiger partial charge in [0.25, 0.3) is 0 Å². The van der Waals surface area contributed by atoms with E-state index in [1.807, 2.05) is 67.0 Å². The van der Waals surface area contributed by atoms with E-state index in [1.54, 1.807) is 0 Å². The van der Waals surface area contributed by atoms with Crippen LogP contribution in [0.15, 0.2) is 176 Å². The summed E-state index contributed by atoms with van der Waals surface area (Å²) in [5.41, 5.74) is 11.2. The number of benzene rings is 8. The molecule has 0 saturated carbocycles. The molecule has 4 heteroatoms. The summed E-state index contributed by atoms with van der Waals surface area (Å²) >= 11 is 0. The van der Waals surface area contributed by atoms with Gasteiger partial charge in [0, 0.05) is 39.9 Å². The lowest BCUT2D eigenvalue weighted by Crippen LogP contribution is -1.98. The van der Waals surface area contributed by atoms with Gasteiger partial charge in [0.15, 0.2) is 0 Å². The number of fused-ring (bicyclic) bond motifs is 7. The van der Waals surface area contributed by atoms with Crippen LogP contribution in [0.2, 0.25) is 0 Å². The van der Waals surface area contributed by atoms with Gasteiger partial charge in [-0.3, -0.25) is 9.97 Å². The largest absolute Gasteiger partial charge is 0.456 e. The number of hydrogen-bond acceptors (Lipinski definition) is 4. The predicted molar refractivity (Wildman–Crippen MR) is 224 cm³/mol. The van der Waals surface area contributed by atoms with E-state index in [2.05, 4.69) is 115 Å². The topological polar surface area (TPSA) is 58.8 Å². The molecule has 0 amide bonds. The molecular formula is C51H29N3O. The molecule has 0 bridgehead atoms. The maximum atomic E-state index is 9.78. The maximum Gasteiger partial charge on any atom is 0.135 e. The molecule has 0 aliphatic carbocycles. The van der Waals surface area contributed by atoms with Gasteiger partial charge in [0.1, 0.15) is 11.5 Å². The molecule has 1 aliphatic rings. The van der Waals surface area contributed by atoms with E-state index in [1.165, 1.54) is 32.3 Å². The summed E-state index contributed by atoms with van der Waals surface area (Å²) < 4.78 is 6.61. The Morgan fingerprint density at radius 1 is 0.382 bits per heavy atom. The minimum atomic E-state index is 0.650. The number of nitriles is 1. The van der Waals surface area contributed by atoms with Crippen LogP contribution in [0.1, 0.15) is 5.56 Å². The molecule has 55 heavy (non-hydrogen) atoms. The highest BCUT2D eigenvalue weighted by Gasteiger charge is 2.23. The fraction of sp³-hybridized carbons (Fsp3) is 0. The minimum absolute atomic E-state index is 0.650. The minimum Gasteiger partial charge on any atom is -0.456 e. The first kappa shape index (κ1) is 31.0. The number of nitrogens with zero attached hydrogens (tertiary/aromatic N) is 3. The number of aromatic nitrogens is 2. The van der Waals surface area contributed by atoms with Crippen LogP contribution >= 0.6 is 0 Å². The number of rotatable bonds is 4. The van der Waals surface area contributed by atoms with Crippen molar-refractivity contribution in [3.8, 4) is 73.5 Å². The molecule has 0 spiro atoms. The molecule has 0 N–H and O–H groups in total. The lowest BCUT2D eigenvalue weighted by Gasteiger charge is -2.23. The molecule has 0 radical (unpaired) electrons. The van der Waals surface area contributed by atoms with Gasteiger partial charge in [-0.2, -0.15) is 5.26 Å². The van der Waals surface area contributed by atoms with Crippen LogP contribution < -0.4 is 4.74 Å². The Kier molecular flexibility index (Phi) is 6.89. The van der Waals surface area contributed by atoms with Gasteiger partial charge in [0.05, 0.1) is 23.0 Å². The first-order valence-corrected chi connectivity index (χ1v) is 18.4. The summed E-state index contributed by atoms with van der Waals surface area (Å²) in [5.74, 6) is 1.58. The van der Waals surface area contributed by atoms with Gasteiger partial charge in [0.2, 0.25) is 0 Å². The molecule has 4 nitrogen and oxygen atoms in total. The summed E-state index contributed by atoms with van der Waals surface area (Å²) in [4.78, 5) is 9.45. The Hall–Kier alpha value is -7.61. The van der Waals surface area contributed by atoms with Crippen molar-refractivity contribution < 1.29 is 4.74 Å². The summed E-state index contributed by atoms with van der Waals surface area (Å²) in [7, 11) is 0. The highest BCUT2D eigenvalue weighted by atomic mass is 16.5. The first-order valence-electron chi connectivity index (χ1n) is 18.4. The summed E-state index contributed by atoms with van der Waals surface area (Å²) in [6.07, 6.45) is 3.69. The second kappa shape index (κ2) is 12.2. The SMILES string of the molecule is N#Cc1ccc2c3c(cccc13)Oc1cc(-c3cc4c5ccccc5c(-c5cc(-c6ccccn6)cc(-c6ccccn6)c5)cc4c4ccccc34)ccc1-2. The summed E-state index contributed by atoms with van der Waals surface area (Å²) in [6.45, 7) is 0. The first-order chi connectivity index (χ1) is 27.2. The molecule has 1 aliphatic heterocycles. The normalized spacial score (nSPS) is 11.8. The molecule has 11 rings (SSSR count). The van der Waals surface area contributed by atoms with Gasteiger partial charge in [-0.15, -0.1) is 0 Å². The summed E-state index contributed by atoms with van der Waals surface area (Å²) in [6, 6.07) is 59.7. The van der Waals surface area contributed by atoms with Crippen LogP contribution in [0.25, 0.3) is 99.0 Å². The van der Waals surface area contributed by atoms with Crippen molar-refractivity contribution in [2.24, 2.45) is 0 Å². The molecule has 0 unspecified atom stereocenters. The molecule has 254 valence electrons. The fourth-order valence-electron chi connectivity index (χ4n) is 8.47. The average molecular weight is 700 g/mol. The molecule has 2 aromatic heterocycles. The smallest absolute Gasteiger partial charge is 0.135 e. The van der Waals surface area contributed by atoms with E-state index < -0.39 is 0 Å². The standard InChI is InChI=1S/C51H29N3O/c52-30-32-19-21-42-41-20-18-31(27-50(41)55-49-17-9-14-36(32)51(42)49)43-28-45-40-13-4-2-11-38(40)44(29-46(45)39-12-3-1-10-37(39)43)33-24-34(47-15-5-7-22-53-47)26-35(25-33)48-16-6-8-23-54-48/h1-29H. The quantitative estimate of drug-likeness (QED) is 0.172. The third-order valence-corrected chi connectivity index (χ3v) is 11.0. The fourth-order valence-corrected chi connectivity index (χ4v) is 8.47. The average Bonchev–Trinajstić information content (AvgIpc) is 3.26. The maximum absolute atomic E-state index is 9.78. The predicted octanol–water partition coefficient (Wildman–Crippen LogP) is 13.4. The second-order valence-corrected chi connectivity index (χ2v) is 14.0. The van der Waals surface area contributed by atoms with E-state index in [0.717, 1.165) is 78.2 Å². The van der Waals surface area contributed by atoms with E-state index >= 15 is 0 Å². The summed E-state index contributed by atoms with van der Waals surface area (Å²) in [5, 5.41) is 18.8. The Bertz CT molecular complexity index is 3180. The third-order valence-electron chi connectivity index (χ3n) is 11.0. The van der Waals surface area contributed by atoms with Crippen molar-refractivity contribution in [1.29, 1.82) is 5.26 Å². The molecule has 3 heterocycles. The van der Waals surface area contributed by atoms with Gasteiger partial charge < -0.3 is 4.74 Å². The highest BCUT2D eigenvalue weighted by Crippen LogP contribution is 2.49. The van der Waals surface area contributed by atoms with Crippen molar-refractivity contribution in [3.05, 3.63) is 182 Å². The second-order valence-electron chi connectivity index (χ2n) is 14.0. The number of ether oxygens (including phenoxy) is 1. The number of pyridine rings is 2. The van der Waals surface area contributed by atoms with Crippen LogP contribution in [0.5, 0.6) is 11.5 Å². The van der Waals surface area contributed by atoms with Crippen LogP contribution in [0, 0.1) is 11.3 Å². The van der Waals surface area contributed by atoms with Crippen LogP contribution in [0.4, 0.5) is 0 Å². The Morgan fingerprint density at radius 2 is 0.945 bits per heavy atom. The van der Waals surface area contributed by atoms with Gasteiger partial charge >= 0.3 is 0 Å². The van der Waals surface area contributed by atoms with E-state index in [-0.39, 0.29) is 0 Å². The molecule has 0 atom stereocenters. The van der Waals surface area contributed by atoms with Crippen LogP contribution in [0.3, 0.4) is 0 Å². The highest BCUT2D eigenvalue weighted by molar-refractivity contribution is 6.24. The van der Waals surface area contributed by atoms with Crippen molar-refractivity contribution >= 4 is 43.1 Å². The Labute approximate surface area is 317 Å². The Morgan fingerprint density at radius 3 is 1.56 bits per heavy atom.